The van der Waals surface area contributed by atoms with Crippen molar-refractivity contribution in [2.45, 2.75) is 43.6 Å². The minimum atomic E-state index is -1.26. The van der Waals surface area contributed by atoms with Crippen LogP contribution in [0.2, 0.25) is 0 Å². The molecule has 3 rings (SSSR count). The van der Waals surface area contributed by atoms with Gasteiger partial charge in [-0.2, -0.15) is 0 Å². The van der Waals surface area contributed by atoms with Gasteiger partial charge in [-0.25, -0.2) is 0 Å². The van der Waals surface area contributed by atoms with Crippen molar-refractivity contribution < 1.29 is 29.0 Å². The first-order valence-electron chi connectivity index (χ1n) is 8.45. The van der Waals surface area contributed by atoms with E-state index in [4.69, 9.17) is 4.42 Å². The molecule has 0 unspecified atom stereocenters. The van der Waals surface area contributed by atoms with Crippen LogP contribution in [-0.4, -0.2) is 58.8 Å². The van der Waals surface area contributed by atoms with Crippen molar-refractivity contribution in [2.24, 2.45) is 0 Å². The molecular weight excluding hydrogens is 342 g/mol. The van der Waals surface area contributed by atoms with E-state index in [2.05, 4.69) is 16.0 Å². The van der Waals surface area contributed by atoms with Crippen LogP contribution in [0.25, 0.3) is 0 Å². The highest BCUT2D eigenvalue weighted by Gasteiger charge is 2.35. The van der Waals surface area contributed by atoms with Crippen LogP contribution >= 0.6 is 0 Å². The van der Waals surface area contributed by atoms with Crippen LogP contribution in [0.15, 0.2) is 34.5 Å². The lowest BCUT2D eigenvalue weighted by Crippen LogP contribution is -2.53. The van der Waals surface area contributed by atoms with Crippen LogP contribution in [0.3, 0.4) is 0 Å². The van der Waals surface area contributed by atoms with Crippen molar-refractivity contribution in [3.63, 3.8) is 0 Å². The van der Waals surface area contributed by atoms with Gasteiger partial charge in [0.05, 0.1) is 18.4 Å². The van der Waals surface area contributed by atoms with Crippen LogP contribution in [-0.2, 0) is 9.59 Å². The highest BCUT2D eigenvalue weighted by molar-refractivity contribution is 5.98. The molecular formula is C17H21N3O6. The normalized spacial score (nSPS) is 28.7. The largest absolute Gasteiger partial charge is 0.459 e. The molecule has 0 aromatic carbocycles. The summed E-state index contributed by atoms with van der Waals surface area (Å²) in [4.78, 5) is 36.3. The minimum absolute atomic E-state index is 0.0514. The summed E-state index contributed by atoms with van der Waals surface area (Å²) in [5.74, 6) is -1.27. The van der Waals surface area contributed by atoms with Crippen LogP contribution in [0.4, 0.5) is 0 Å². The highest BCUT2D eigenvalue weighted by atomic mass is 16.3. The molecule has 1 saturated heterocycles. The summed E-state index contributed by atoms with van der Waals surface area (Å²) < 4.78 is 4.98. The molecule has 3 amide bonds. The fourth-order valence-electron chi connectivity index (χ4n) is 3.06. The Morgan fingerprint density at radius 1 is 1.23 bits per heavy atom. The number of aliphatic hydroxyl groups excluding tert-OH is 2. The number of piperidine rings is 1. The van der Waals surface area contributed by atoms with Gasteiger partial charge in [0.1, 0.15) is 12.1 Å². The standard InChI is InChI=1S/C17H21N3O6/c21-12-8-9(15(23)19-10-3-1-5-18-16(10)24)7-11(14(12)22)20-17(25)13-4-2-6-26-13/h2,4,6-7,10-12,14,21-22H,1,3,5,8H2,(H,18,24)(H,19,23)(H,20,25)/t10-,11+,12-,14-/m1/s1. The number of aliphatic hydroxyl groups is 2. The SMILES string of the molecule is O=C(N[C@@H]1CCCNC1=O)C1=C[C@H](NC(=O)c2ccco2)[C@@H](O)[C@H](O)C1. The molecule has 1 aliphatic carbocycles. The maximum Gasteiger partial charge on any atom is 0.287 e. The number of amides is 3. The van der Waals surface area contributed by atoms with E-state index < -0.39 is 36.1 Å². The number of rotatable bonds is 4. The summed E-state index contributed by atoms with van der Waals surface area (Å²) in [6.45, 7) is 0.583. The minimum Gasteiger partial charge on any atom is -0.459 e. The van der Waals surface area contributed by atoms with Crippen molar-refractivity contribution in [3.05, 3.63) is 35.8 Å². The summed E-state index contributed by atoms with van der Waals surface area (Å²) >= 11 is 0. The number of hydrogen-bond donors (Lipinski definition) is 5. The van der Waals surface area contributed by atoms with Crippen molar-refractivity contribution in [2.75, 3.05) is 6.54 Å². The average Bonchev–Trinajstić information content (AvgIpc) is 3.15. The van der Waals surface area contributed by atoms with Crippen molar-refractivity contribution in [1.82, 2.24) is 16.0 Å². The fourth-order valence-corrected chi connectivity index (χ4v) is 3.06. The van der Waals surface area contributed by atoms with Gasteiger partial charge in [-0.1, -0.05) is 6.08 Å². The maximum atomic E-state index is 12.4. The number of furan rings is 1. The van der Waals surface area contributed by atoms with Crippen LogP contribution < -0.4 is 16.0 Å². The van der Waals surface area contributed by atoms with Crippen molar-refractivity contribution >= 4 is 17.7 Å². The summed E-state index contributed by atoms with van der Waals surface area (Å²) in [6, 6.07) is 1.42. The Morgan fingerprint density at radius 3 is 2.73 bits per heavy atom. The Balaban J connectivity index is 1.70. The van der Waals surface area contributed by atoms with E-state index in [1.807, 2.05) is 0 Å². The molecule has 1 fully saturated rings. The van der Waals surface area contributed by atoms with Gasteiger partial charge in [-0.15, -0.1) is 0 Å². The number of nitrogens with one attached hydrogen (secondary N) is 3. The Morgan fingerprint density at radius 2 is 2.04 bits per heavy atom. The molecule has 1 aromatic rings. The molecule has 0 radical (unpaired) electrons. The van der Waals surface area contributed by atoms with Crippen molar-refractivity contribution in [3.8, 4) is 0 Å². The lowest BCUT2D eigenvalue weighted by Gasteiger charge is -2.31. The second-order valence-electron chi connectivity index (χ2n) is 6.39. The molecule has 140 valence electrons. The quantitative estimate of drug-likeness (QED) is 0.456. The smallest absolute Gasteiger partial charge is 0.287 e. The monoisotopic (exact) mass is 363 g/mol. The number of hydrogen-bond acceptors (Lipinski definition) is 6. The molecule has 2 heterocycles. The molecule has 2 aliphatic rings. The molecule has 0 spiro atoms. The molecule has 5 N–H and O–H groups in total. The maximum absolute atomic E-state index is 12.4. The van der Waals surface area contributed by atoms with Gasteiger partial charge in [-0.05, 0) is 25.0 Å². The summed E-state index contributed by atoms with van der Waals surface area (Å²) in [7, 11) is 0. The summed E-state index contributed by atoms with van der Waals surface area (Å²) in [5, 5.41) is 28.0. The van der Waals surface area contributed by atoms with Gasteiger partial charge in [0.2, 0.25) is 11.8 Å². The van der Waals surface area contributed by atoms with Crippen molar-refractivity contribution in [1.29, 1.82) is 0 Å². The van der Waals surface area contributed by atoms with Gasteiger partial charge in [-0.3, -0.25) is 14.4 Å². The van der Waals surface area contributed by atoms with E-state index in [9.17, 15) is 24.6 Å². The van der Waals surface area contributed by atoms with Gasteiger partial charge < -0.3 is 30.6 Å². The zero-order valence-corrected chi connectivity index (χ0v) is 14.0. The number of carbonyl (C=O) groups excluding carboxylic acids is 3. The van der Waals surface area contributed by atoms with Crippen LogP contribution in [0.1, 0.15) is 29.8 Å². The molecule has 26 heavy (non-hydrogen) atoms. The topological polar surface area (TPSA) is 141 Å². The third-order valence-electron chi connectivity index (χ3n) is 4.50. The number of carbonyl (C=O) groups is 3. The van der Waals surface area contributed by atoms with Gasteiger partial charge in [0.25, 0.3) is 5.91 Å². The summed E-state index contributed by atoms with van der Waals surface area (Å²) in [6.07, 6.45) is 1.48. The second-order valence-corrected chi connectivity index (χ2v) is 6.39. The molecule has 4 atom stereocenters. The molecule has 9 nitrogen and oxygen atoms in total. The lowest BCUT2D eigenvalue weighted by atomic mass is 9.89. The first kappa shape index (κ1) is 18.2. The Bertz CT molecular complexity index is 714. The van der Waals surface area contributed by atoms with Gasteiger partial charge in [0.15, 0.2) is 5.76 Å². The highest BCUT2D eigenvalue weighted by Crippen LogP contribution is 2.21. The predicted molar refractivity (Wildman–Crippen MR) is 88.9 cm³/mol. The van der Waals surface area contributed by atoms with E-state index in [-0.39, 0.29) is 23.7 Å². The summed E-state index contributed by atoms with van der Waals surface area (Å²) in [5.41, 5.74) is 0.200. The zero-order chi connectivity index (χ0) is 18.7. The zero-order valence-electron chi connectivity index (χ0n) is 14.0. The van der Waals surface area contributed by atoms with Crippen LogP contribution in [0.5, 0.6) is 0 Å². The van der Waals surface area contributed by atoms with E-state index in [0.29, 0.717) is 13.0 Å². The van der Waals surface area contributed by atoms with E-state index >= 15 is 0 Å². The first-order valence-corrected chi connectivity index (χ1v) is 8.45. The third-order valence-corrected chi connectivity index (χ3v) is 4.50. The fraction of sp³-hybridized carbons (Fsp3) is 0.471. The lowest BCUT2D eigenvalue weighted by molar-refractivity contribution is -0.129. The molecule has 0 bridgehead atoms. The molecule has 1 aromatic heterocycles. The van der Waals surface area contributed by atoms with E-state index in [1.54, 1.807) is 6.07 Å². The Kier molecular flexibility index (Phi) is 5.38. The second kappa shape index (κ2) is 7.71. The van der Waals surface area contributed by atoms with E-state index in [0.717, 1.165) is 6.42 Å². The Hall–Kier alpha value is -2.65. The van der Waals surface area contributed by atoms with E-state index in [1.165, 1.54) is 18.4 Å². The Labute approximate surface area is 149 Å². The first-order chi connectivity index (χ1) is 12.5. The average molecular weight is 363 g/mol. The third kappa shape index (κ3) is 3.94. The van der Waals surface area contributed by atoms with Crippen LogP contribution in [0, 0.1) is 0 Å². The molecule has 0 saturated carbocycles. The van der Waals surface area contributed by atoms with Gasteiger partial charge >= 0.3 is 0 Å². The predicted octanol–water partition coefficient (Wildman–Crippen LogP) is -1.18. The molecule has 1 aliphatic heterocycles. The molecule has 9 heteroatoms. The van der Waals surface area contributed by atoms with Gasteiger partial charge in [0, 0.05) is 18.5 Å².